The maximum absolute atomic E-state index is 14.1. The monoisotopic (exact) mass is 717 g/mol. The summed E-state index contributed by atoms with van der Waals surface area (Å²) in [7, 11) is 0. The predicted molar refractivity (Wildman–Crippen MR) is 206 cm³/mol. The molecule has 3 aromatic carbocycles. The van der Waals surface area contributed by atoms with Crippen molar-refractivity contribution in [2.75, 3.05) is 24.5 Å². The molecule has 0 N–H and O–H groups in total. The summed E-state index contributed by atoms with van der Waals surface area (Å²) in [5, 5.41) is 0. The fourth-order valence-corrected chi connectivity index (χ4v) is 8.15. The van der Waals surface area contributed by atoms with Crippen LogP contribution in [0.2, 0.25) is 0 Å². The summed E-state index contributed by atoms with van der Waals surface area (Å²) in [4.78, 5) is 48.5. The number of hydrogen-bond donors (Lipinski definition) is 0. The molecule has 0 spiro atoms. The highest BCUT2D eigenvalue weighted by molar-refractivity contribution is 6.12. The molecule has 3 aliphatic heterocycles. The number of aliphatic imine (C=N–C) groups is 1. The molecule has 53 heavy (non-hydrogen) atoms. The molecule has 7 rings (SSSR count). The zero-order valence-corrected chi connectivity index (χ0v) is 31.4. The Balaban J connectivity index is 1.17. The largest absolute Gasteiger partial charge is 0.458 e. The van der Waals surface area contributed by atoms with Crippen LogP contribution >= 0.6 is 0 Å². The Morgan fingerprint density at radius 3 is 2.42 bits per heavy atom. The number of benzene rings is 3. The van der Waals surface area contributed by atoms with Crippen molar-refractivity contribution >= 4 is 41.3 Å². The number of para-hydroxylation sites is 1. The predicted octanol–water partition coefficient (Wildman–Crippen LogP) is 8.45. The molecule has 278 valence electrons. The molecular weight excluding hydrogens is 666 g/mol. The zero-order chi connectivity index (χ0) is 37.1. The van der Waals surface area contributed by atoms with Crippen molar-refractivity contribution < 1.29 is 28.6 Å². The third kappa shape index (κ3) is 8.19. The number of aryl methyl sites for hydroxylation is 2. The van der Waals surface area contributed by atoms with Gasteiger partial charge in [-0.25, -0.2) is 4.79 Å². The minimum atomic E-state index is -0.418. The number of amidine groups is 1. The van der Waals surface area contributed by atoms with E-state index in [9.17, 15) is 14.4 Å². The van der Waals surface area contributed by atoms with Gasteiger partial charge >= 0.3 is 18.0 Å². The Morgan fingerprint density at radius 2 is 1.72 bits per heavy atom. The molecule has 0 radical (unpaired) electrons. The van der Waals surface area contributed by atoms with Gasteiger partial charge in [0.15, 0.2) is 5.76 Å². The van der Waals surface area contributed by atoms with Gasteiger partial charge in [-0.05, 0) is 134 Å². The molecule has 0 bridgehead atoms. The van der Waals surface area contributed by atoms with Crippen LogP contribution in [0.1, 0.15) is 98.8 Å². The Hall–Kier alpha value is -4.92. The van der Waals surface area contributed by atoms with Crippen LogP contribution < -0.4 is 9.64 Å². The topological polar surface area (TPSA) is 97.7 Å². The van der Waals surface area contributed by atoms with Gasteiger partial charge in [0.05, 0.1) is 11.3 Å². The summed E-state index contributed by atoms with van der Waals surface area (Å²) >= 11 is 0. The van der Waals surface area contributed by atoms with E-state index in [1.165, 1.54) is 16.8 Å². The fraction of sp³-hybridized carbons (Fsp3) is 0.455. The fourth-order valence-electron chi connectivity index (χ4n) is 8.15. The lowest BCUT2D eigenvalue weighted by Gasteiger charge is -2.37. The van der Waals surface area contributed by atoms with Gasteiger partial charge in [-0.3, -0.25) is 14.5 Å². The maximum atomic E-state index is 14.1. The summed E-state index contributed by atoms with van der Waals surface area (Å²) in [6.45, 7) is 10.9. The molecule has 0 aromatic heterocycles. The van der Waals surface area contributed by atoms with E-state index in [4.69, 9.17) is 19.2 Å². The smallest absolute Gasteiger partial charge is 0.340 e. The minimum absolute atomic E-state index is 0.117. The van der Waals surface area contributed by atoms with Crippen LogP contribution in [-0.4, -0.2) is 54.5 Å². The minimum Gasteiger partial charge on any atom is -0.458 e. The van der Waals surface area contributed by atoms with Gasteiger partial charge in [0.25, 0.3) is 5.91 Å². The lowest BCUT2D eigenvalue weighted by molar-refractivity contribution is -0.134. The number of rotatable bonds is 10. The molecule has 9 nitrogen and oxygen atoms in total. The van der Waals surface area contributed by atoms with Crippen LogP contribution in [0.25, 0.3) is 6.08 Å². The first-order valence-corrected chi connectivity index (χ1v) is 19.5. The second-order valence-corrected chi connectivity index (χ2v) is 15.3. The summed E-state index contributed by atoms with van der Waals surface area (Å²) in [6, 6.07) is 18.9. The van der Waals surface area contributed by atoms with E-state index in [1.807, 2.05) is 24.3 Å². The van der Waals surface area contributed by atoms with E-state index in [0.717, 1.165) is 69.2 Å². The van der Waals surface area contributed by atoms with Crippen molar-refractivity contribution in [1.82, 2.24) is 4.90 Å². The molecular formula is C44H51N3O6. The van der Waals surface area contributed by atoms with Crippen LogP contribution in [0.15, 0.2) is 71.4 Å². The third-order valence-corrected chi connectivity index (χ3v) is 11.3. The highest BCUT2D eigenvalue weighted by Gasteiger charge is 2.36. The molecule has 2 fully saturated rings. The van der Waals surface area contributed by atoms with Crippen molar-refractivity contribution in [1.29, 1.82) is 0 Å². The van der Waals surface area contributed by atoms with E-state index in [-0.39, 0.29) is 42.2 Å². The normalized spacial score (nSPS) is 22.6. The second kappa shape index (κ2) is 16.0. The maximum Gasteiger partial charge on any atom is 0.340 e. The van der Waals surface area contributed by atoms with Gasteiger partial charge in [-0.1, -0.05) is 52.0 Å². The molecule has 3 aromatic rings. The van der Waals surface area contributed by atoms with Gasteiger partial charge in [0.1, 0.15) is 11.9 Å². The average Bonchev–Trinajstić information content (AvgIpc) is 3.44. The van der Waals surface area contributed by atoms with E-state index < -0.39 is 5.97 Å². The van der Waals surface area contributed by atoms with E-state index in [0.29, 0.717) is 41.7 Å². The Kier molecular flexibility index (Phi) is 11.0. The molecule has 3 atom stereocenters. The molecule has 3 unspecified atom stereocenters. The van der Waals surface area contributed by atoms with Crippen molar-refractivity contribution in [3.63, 3.8) is 0 Å². The van der Waals surface area contributed by atoms with Crippen LogP contribution in [0.4, 0.5) is 11.4 Å². The second-order valence-electron chi connectivity index (χ2n) is 15.3. The Morgan fingerprint density at radius 1 is 1.00 bits per heavy atom. The standard InChI is InChI=1S/C44H51N3O6/c1-5-40(48)51-35-18-15-30(16-19-35)20-23-47-42(49)39(26-31-24-33-10-8-21-46-22-9-11-34(25-31)41(33)46)53-44(47)45-37-13-7-6-12-36(37)43(50)52-38-27-32(28(2)3)17-14-29(38)4/h6-7,12-13,15-16,18-19,24-26,28-29,32,38H,5,8-11,14,17,20-23,27H2,1-4H3/b39-26+,45-44?. The number of ether oxygens (including phenoxy) is 3. The Bertz CT molecular complexity index is 1880. The quantitative estimate of drug-likeness (QED) is 0.118. The average molecular weight is 718 g/mol. The number of hydrogen-bond acceptors (Lipinski definition) is 8. The lowest BCUT2D eigenvalue weighted by atomic mass is 9.76. The number of anilines is 1. The van der Waals surface area contributed by atoms with Crippen molar-refractivity contribution in [2.24, 2.45) is 22.7 Å². The van der Waals surface area contributed by atoms with Gasteiger partial charge < -0.3 is 19.1 Å². The summed E-state index contributed by atoms with van der Waals surface area (Å²) in [5.41, 5.74) is 6.63. The lowest BCUT2D eigenvalue weighted by Crippen LogP contribution is -2.34. The zero-order valence-electron chi connectivity index (χ0n) is 31.4. The van der Waals surface area contributed by atoms with Crippen molar-refractivity contribution in [3.05, 3.63) is 94.2 Å². The molecule has 9 heteroatoms. The molecule has 3 heterocycles. The van der Waals surface area contributed by atoms with Crippen LogP contribution in [0, 0.1) is 17.8 Å². The number of carbonyl (C=O) groups excluding carboxylic acids is 3. The van der Waals surface area contributed by atoms with E-state index >= 15 is 0 Å². The van der Waals surface area contributed by atoms with Gasteiger partial charge in [-0.2, -0.15) is 4.99 Å². The third-order valence-electron chi connectivity index (χ3n) is 11.3. The molecule has 1 aliphatic carbocycles. The molecule has 1 saturated carbocycles. The first kappa shape index (κ1) is 36.4. The summed E-state index contributed by atoms with van der Waals surface area (Å²) < 4.78 is 17.8. The van der Waals surface area contributed by atoms with Gasteiger partial charge in [0, 0.05) is 31.7 Å². The highest BCUT2D eigenvalue weighted by Crippen LogP contribution is 2.38. The molecule has 1 saturated heterocycles. The van der Waals surface area contributed by atoms with E-state index in [2.05, 4.69) is 37.8 Å². The number of amides is 1. The molecule has 4 aliphatic rings. The van der Waals surface area contributed by atoms with Crippen LogP contribution in [0.3, 0.4) is 0 Å². The highest BCUT2D eigenvalue weighted by atomic mass is 16.5. The first-order valence-electron chi connectivity index (χ1n) is 19.5. The first-order chi connectivity index (χ1) is 25.7. The van der Waals surface area contributed by atoms with E-state index in [1.54, 1.807) is 42.2 Å². The van der Waals surface area contributed by atoms with Gasteiger partial charge in [-0.15, -0.1) is 0 Å². The van der Waals surface area contributed by atoms with Crippen molar-refractivity contribution in [2.45, 2.75) is 91.6 Å². The van der Waals surface area contributed by atoms with Gasteiger partial charge in [0.2, 0.25) is 0 Å². The summed E-state index contributed by atoms with van der Waals surface area (Å²) in [5.74, 6) is 0.995. The number of carbonyl (C=O) groups is 3. The van der Waals surface area contributed by atoms with Crippen molar-refractivity contribution in [3.8, 4) is 5.75 Å². The summed E-state index contributed by atoms with van der Waals surface area (Å²) in [6.07, 6.45) is 9.77. The number of esters is 2. The number of nitrogens with zero attached hydrogens (tertiary/aromatic N) is 3. The SMILES string of the molecule is CCC(=O)Oc1ccc(CCN2C(=O)/C(=C\c3cc4c5c(c3)CCCN5CCC4)OC2=Nc2ccccc2C(=O)OC2CC(C(C)C)CCC2C)cc1. The van der Waals surface area contributed by atoms with Crippen LogP contribution in [0.5, 0.6) is 5.75 Å². The molecule has 1 amide bonds. The Labute approximate surface area is 313 Å². The van der Waals surface area contributed by atoms with Crippen LogP contribution in [-0.2, 0) is 38.3 Å².